The van der Waals surface area contributed by atoms with Gasteiger partial charge in [-0.15, -0.1) is 11.3 Å². The summed E-state index contributed by atoms with van der Waals surface area (Å²) >= 11 is 4.78. The normalized spacial score (nSPS) is 13.4. The second-order valence-corrected chi connectivity index (χ2v) is 8.23. The summed E-state index contributed by atoms with van der Waals surface area (Å²) in [6.45, 7) is 5.63. The Hall–Kier alpha value is -0.760. The standard InChI is InChI=1S/C13H15BrN2O2S2/c1-8-13(19-10(3)15-8)9(2)16-20(17,18)12-7-5-4-6-11(12)14/h4-7,9,16H,1-3H3. The number of aromatic nitrogens is 1. The lowest BCUT2D eigenvalue weighted by Crippen LogP contribution is -2.27. The lowest BCUT2D eigenvalue weighted by atomic mass is 10.2. The summed E-state index contributed by atoms with van der Waals surface area (Å²) in [7, 11) is -3.56. The van der Waals surface area contributed by atoms with Crippen molar-refractivity contribution in [3.63, 3.8) is 0 Å². The molecule has 1 unspecified atom stereocenters. The Kier molecular flexibility index (Phi) is 4.63. The Morgan fingerprint density at radius 3 is 2.50 bits per heavy atom. The van der Waals surface area contributed by atoms with Crippen LogP contribution in [0, 0.1) is 13.8 Å². The van der Waals surface area contributed by atoms with E-state index >= 15 is 0 Å². The molecule has 7 heteroatoms. The highest BCUT2D eigenvalue weighted by Gasteiger charge is 2.22. The average Bonchev–Trinajstić information content (AvgIpc) is 2.68. The van der Waals surface area contributed by atoms with Gasteiger partial charge in [-0.1, -0.05) is 12.1 Å². The number of benzene rings is 1. The van der Waals surface area contributed by atoms with Crippen LogP contribution in [0.4, 0.5) is 0 Å². The first kappa shape index (κ1) is 15.6. The summed E-state index contributed by atoms with van der Waals surface area (Å²) in [5.41, 5.74) is 0.870. The molecule has 1 aromatic heterocycles. The number of thiazole rings is 1. The van der Waals surface area contributed by atoms with Crippen LogP contribution in [-0.2, 0) is 10.0 Å². The fourth-order valence-electron chi connectivity index (χ4n) is 1.96. The van der Waals surface area contributed by atoms with Gasteiger partial charge in [0, 0.05) is 9.35 Å². The van der Waals surface area contributed by atoms with Crippen molar-refractivity contribution in [1.82, 2.24) is 9.71 Å². The van der Waals surface area contributed by atoms with E-state index in [1.807, 2.05) is 20.8 Å². The minimum Gasteiger partial charge on any atom is -0.247 e. The number of nitrogens with zero attached hydrogens (tertiary/aromatic N) is 1. The molecule has 1 aromatic carbocycles. The van der Waals surface area contributed by atoms with Crippen LogP contribution in [0.2, 0.25) is 0 Å². The quantitative estimate of drug-likeness (QED) is 0.889. The van der Waals surface area contributed by atoms with Crippen LogP contribution in [0.25, 0.3) is 0 Å². The molecule has 0 aliphatic heterocycles. The number of aryl methyl sites for hydroxylation is 2. The molecular weight excluding hydrogens is 360 g/mol. The average molecular weight is 375 g/mol. The van der Waals surface area contributed by atoms with Crippen molar-refractivity contribution >= 4 is 37.3 Å². The first-order valence-electron chi connectivity index (χ1n) is 6.02. The van der Waals surface area contributed by atoms with E-state index in [9.17, 15) is 8.42 Å². The highest BCUT2D eigenvalue weighted by Crippen LogP contribution is 2.27. The largest absolute Gasteiger partial charge is 0.247 e. The first-order valence-corrected chi connectivity index (χ1v) is 9.11. The minimum atomic E-state index is -3.56. The Labute approximate surface area is 131 Å². The smallest absolute Gasteiger partial charge is 0.242 e. The van der Waals surface area contributed by atoms with Crippen LogP contribution >= 0.6 is 27.3 Å². The number of halogens is 1. The van der Waals surface area contributed by atoms with E-state index in [1.54, 1.807) is 24.3 Å². The molecule has 20 heavy (non-hydrogen) atoms. The lowest BCUT2D eigenvalue weighted by molar-refractivity contribution is 0.567. The van der Waals surface area contributed by atoms with Crippen molar-refractivity contribution in [2.45, 2.75) is 31.7 Å². The lowest BCUT2D eigenvalue weighted by Gasteiger charge is -2.14. The van der Waals surface area contributed by atoms with Crippen molar-refractivity contribution in [1.29, 1.82) is 0 Å². The third kappa shape index (κ3) is 3.28. The molecule has 0 saturated heterocycles. The van der Waals surface area contributed by atoms with Gasteiger partial charge in [-0.2, -0.15) is 0 Å². The van der Waals surface area contributed by atoms with Crippen LogP contribution in [0.3, 0.4) is 0 Å². The van der Waals surface area contributed by atoms with Gasteiger partial charge in [0.15, 0.2) is 0 Å². The molecule has 1 heterocycles. The Morgan fingerprint density at radius 2 is 1.95 bits per heavy atom. The predicted molar refractivity (Wildman–Crippen MR) is 84.5 cm³/mol. The number of hydrogen-bond donors (Lipinski definition) is 1. The number of hydrogen-bond acceptors (Lipinski definition) is 4. The zero-order valence-electron chi connectivity index (χ0n) is 11.3. The highest BCUT2D eigenvalue weighted by atomic mass is 79.9. The summed E-state index contributed by atoms with van der Waals surface area (Å²) < 4.78 is 28.0. The molecule has 0 spiro atoms. The van der Waals surface area contributed by atoms with Gasteiger partial charge in [0.1, 0.15) is 0 Å². The van der Waals surface area contributed by atoms with Gasteiger partial charge in [0.05, 0.1) is 21.6 Å². The molecule has 2 aromatic rings. The maximum atomic E-state index is 12.4. The maximum absolute atomic E-state index is 12.4. The second-order valence-electron chi connectivity index (χ2n) is 4.46. The molecule has 0 aliphatic carbocycles. The third-order valence-electron chi connectivity index (χ3n) is 2.79. The van der Waals surface area contributed by atoms with Crippen molar-refractivity contribution in [3.8, 4) is 0 Å². The molecule has 0 aliphatic rings. The van der Waals surface area contributed by atoms with E-state index in [0.29, 0.717) is 4.47 Å². The summed E-state index contributed by atoms with van der Waals surface area (Å²) in [4.78, 5) is 5.51. The Bertz CT molecular complexity index is 726. The fourth-order valence-corrected chi connectivity index (χ4v) is 5.18. The molecule has 0 bridgehead atoms. The summed E-state index contributed by atoms with van der Waals surface area (Å²) in [6.07, 6.45) is 0. The van der Waals surface area contributed by atoms with Crippen LogP contribution in [0.1, 0.15) is 28.5 Å². The monoisotopic (exact) mass is 374 g/mol. The van der Waals surface area contributed by atoms with Crippen molar-refractivity contribution < 1.29 is 8.42 Å². The van der Waals surface area contributed by atoms with E-state index in [4.69, 9.17) is 0 Å². The summed E-state index contributed by atoms with van der Waals surface area (Å²) in [5, 5.41) is 0.935. The third-order valence-corrected chi connectivity index (χ3v) is 6.60. The van der Waals surface area contributed by atoms with E-state index in [1.165, 1.54) is 11.3 Å². The van der Waals surface area contributed by atoms with Crippen LogP contribution in [-0.4, -0.2) is 13.4 Å². The van der Waals surface area contributed by atoms with Crippen molar-refractivity contribution in [2.75, 3.05) is 0 Å². The number of nitrogens with one attached hydrogen (secondary N) is 1. The Balaban J connectivity index is 2.29. The molecule has 0 radical (unpaired) electrons. The predicted octanol–water partition coefficient (Wildman–Crippen LogP) is 3.56. The van der Waals surface area contributed by atoms with Gasteiger partial charge in [-0.3, -0.25) is 0 Å². The Morgan fingerprint density at radius 1 is 1.30 bits per heavy atom. The molecule has 0 fully saturated rings. The van der Waals surface area contributed by atoms with Crippen LogP contribution in [0.15, 0.2) is 33.6 Å². The summed E-state index contributed by atoms with van der Waals surface area (Å²) in [6, 6.07) is 6.46. The zero-order chi connectivity index (χ0) is 14.9. The van der Waals surface area contributed by atoms with Crippen LogP contribution in [0.5, 0.6) is 0 Å². The molecule has 1 atom stereocenters. The fraction of sp³-hybridized carbons (Fsp3) is 0.308. The van der Waals surface area contributed by atoms with E-state index in [2.05, 4.69) is 25.6 Å². The molecule has 2 rings (SSSR count). The van der Waals surface area contributed by atoms with Gasteiger partial charge in [-0.05, 0) is 48.8 Å². The molecule has 0 amide bonds. The van der Waals surface area contributed by atoms with Crippen molar-refractivity contribution in [2.24, 2.45) is 0 Å². The van der Waals surface area contributed by atoms with Crippen LogP contribution < -0.4 is 4.72 Å². The topological polar surface area (TPSA) is 59.1 Å². The highest BCUT2D eigenvalue weighted by molar-refractivity contribution is 9.10. The van der Waals surface area contributed by atoms with E-state index in [0.717, 1.165) is 15.6 Å². The summed E-state index contributed by atoms with van der Waals surface area (Å²) in [5.74, 6) is 0. The maximum Gasteiger partial charge on any atom is 0.242 e. The van der Waals surface area contributed by atoms with Crippen molar-refractivity contribution in [3.05, 3.63) is 44.3 Å². The minimum absolute atomic E-state index is 0.241. The molecule has 0 saturated carbocycles. The molecular formula is C13H15BrN2O2S2. The van der Waals surface area contributed by atoms with Gasteiger partial charge in [-0.25, -0.2) is 18.1 Å². The molecule has 4 nitrogen and oxygen atoms in total. The SMILES string of the molecule is Cc1nc(C)c(C(C)NS(=O)(=O)c2ccccc2Br)s1. The van der Waals surface area contributed by atoms with Gasteiger partial charge in [0.25, 0.3) is 0 Å². The van der Waals surface area contributed by atoms with Gasteiger partial charge in [0.2, 0.25) is 10.0 Å². The van der Waals surface area contributed by atoms with Gasteiger partial charge >= 0.3 is 0 Å². The first-order chi connectivity index (χ1) is 9.31. The zero-order valence-corrected chi connectivity index (χ0v) is 14.6. The number of sulfonamides is 1. The van der Waals surface area contributed by atoms with Gasteiger partial charge < -0.3 is 0 Å². The van der Waals surface area contributed by atoms with E-state index < -0.39 is 10.0 Å². The molecule has 108 valence electrons. The van der Waals surface area contributed by atoms with E-state index in [-0.39, 0.29) is 10.9 Å². The second kappa shape index (κ2) is 5.93. The number of rotatable bonds is 4. The molecule has 1 N–H and O–H groups in total.